The SMILES string of the molecule is O=C(c1cc(F)c(F)c(S(=O)(=O)Cl)c1Cl)N1CCCCC1. The summed E-state index contributed by atoms with van der Waals surface area (Å²) in [4.78, 5) is 12.5. The van der Waals surface area contributed by atoms with E-state index in [0.717, 1.165) is 19.3 Å². The lowest BCUT2D eigenvalue weighted by molar-refractivity contribution is 0.0723. The average Bonchev–Trinajstić information content (AvgIpc) is 2.42. The number of carbonyl (C=O) groups is 1. The minimum absolute atomic E-state index is 0.406. The molecule has 1 aromatic rings. The van der Waals surface area contributed by atoms with Crippen LogP contribution < -0.4 is 0 Å². The predicted molar refractivity (Wildman–Crippen MR) is 74.2 cm³/mol. The van der Waals surface area contributed by atoms with E-state index in [0.29, 0.717) is 19.2 Å². The summed E-state index contributed by atoms with van der Waals surface area (Å²) in [5, 5.41) is -0.695. The van der Waals surface area contributed by atoms with Gasteiger partial charge in [0.05, 0.1) is 10.6 Å². The van der Waals surface area contributed by atoms with Crippen LogP contribution in [0, 0.1) is 11.6 Å². The second-order valence-corrected chi connectivity index (χ2v) is 7.53. The lowest BCUT2D eigenvalue weighted by atomic mass is 10.1. The summed E-state index contributed by atoms with van der Waals surface area (Å²) < 4.78 is 49.8. The van der Waals surface area contributed by atoms with Crippen LogP contribution in [0.15, 0.2) is 11.0 Å². The molecule has 1 amide bonds. The van der Waals surface area contributed by atoms with Crippen LogP contribution in [0.4, 0.5) is 8.78 Å². The van der Waals surface area contributed by atoms with Gasteiger partial charge in [-0.1, -0.05) is 11.6 Å². The van der Waals surface area contributed by atoms with E-state index in [1.165, 1.54) is 4.90 Å². The molecule has 1 heterocycles. The third kappa shape index (κ3) is 3.30. The molecule has 0 saturated carbocycles. The standard InChI is InChI=1S/C12H11Cl2F2NO3S/c13-9-7(12(18)17-4-2-1-3-5-17)6-8(15)10(16)11(9)21(14,19)20/h6H,1-5H2. The largest absolute Gasteiger partial charge is 0.339 e. The average molecular weight is 358 g/mol. The van der Waals surface area contributed by atoms with Crippen LogP contribution in [0.2, 0.25) is 5.02 Å². The molecule has 4 nitrogen and oxygen atoms in total. The van der Waals surface area contributed by atoms with Crippen molar-refractivity contribution in [3.05, 3.63) is 28.3 Å². The molecule has 0 radical (unpaired) electrons. The Morgan fingerprint density at radius 1 is 1.19 bits per heavy atom. The summed E-state index contributed by atoms with van der Waals surface area (Å²) in [7, 11) is 0.441. The number of hydrogen-bond donors (Lipinski definition) is 0. The third-order valence-corrected chi connectivity index (χ3v) is 5.07. The Kier molecular flexibility index (Phi) is 4.75. The highest BCUT2D eigenvalue weighted by molar-refractivity contribution is 8.13. The number of benzene rings is 1. The zero-order chi connectivity index (χ0) is 15.8. The van der Waals surface area contributed by atoms with Gasteiger partial charge in [-0.3, -0.25) is 4.79 Å². The zero-order valence-electron chi connectivity index (χ0n) is 10.7. The molecule has 0 bridgehead atoms. The van der Waals surface area contributed by atoms with Gasteiger partial charge in [0, 0.05) is 23.8 Å². The van der Waals surface area contributed by atoms with E-state index in [2.05, 4.69) is 0 Å². The number of piperidine rings is 1. The molecule has 1 fully saturated rings. The summed E-state index contributed by atoms with van der Waals surface area (Å²) >= 11 is 5.77. The summed E-state index contributed by atoms with van der Waals surface area (Å²) in [6.07, 6.45) is 2.54. The summed E-state index contributed by atoms with van der Waals surface area (Å²) in [6, 6.07) is 0.597. The van der Waals surface area contributed by atoms with Crippen molar-refractivity contribution in [3.63, 3.8) is 0 Å². The molecule has 0 unspecified atom stereocenters. The molecule has 1 aliphatic heterocycles. The summed E-state index contributed by atoms with van der Waals surface area (Å²) in [5.74, 6) is -3.82. The minimum Gasteiger partial charge on any atom is -0.339 e. The molecule has 116 valence electrons. The number of halogens is 4. The first-order valence-corrected chi connectivity index (χ1v) is 8.83. The maximum atomic E-state index is 13.6. The molecule has 0 atom stereocenters. The predicted octanol–water partition coefficient (Wildman–Crippen LogP) is 3.17. The molecular weight excluding hydrogens is 347 g/mol. The first-order valence-electron chi connectivity index (χ1n) is 6.15. The molecule has 0 N–H and O–H groups in total. The van der Waals surface area contributed by atoms with Gasteiger partial charge in [-0.15, -0.1) is 0 Å². The lowest BCUT2D eigenvalue weighted by Crippen LogP contribution is -2.36. The highest BCUT2D eigenvalue weighted by Crippen LogP contribution is 2.33. The molecule has 9 heteroatoms. The van der Waals surface area contributed by atoms with Crippen molar-refractivity contribution in [2.75, 3.05) is 13.1 Å². The number of hydrogen-bond acceptors (Lipinski definition) is 3. The second kappa shape index (κ2) is 6.06. The Bertz CT molecular complexity index is 688. The molecule has 1 saturated heterocycles. The fourth-order valence-electron chi connectivity index (χ4n) is 2.22. The monoisotopic (exact) mass is 357 g/mol. The van der Waals surface area contributed by atoms with Crippen molar-refractivity contribution in [3.8, 4) is 0 Å². The van der Waals surface area contributed by atoms with E-state index in [1.807, 2.05) is 0 Å². The van der Waals surface area contributed by atoms with Gasteiger partial charge < -0.3 is 4.90 Å². The van der Waals surface area contributed by atoms with Crippen LogP contribution in [0.1, 0.15) is 29.6 Å². The molecule has 1 aliphatic rings. The Balaban J connectivity index is 2.55. The number of rotatable bonds is 2. The molecule has 2 rings (SSSR count). The number of amides is 1. The molecule has 0 aromatic heterocycles. The van der Waals surface area contributed by atoms with E-state index in [-0.39, 0.29) is 0 Å². The highest BCUT2D eigenvalue weighted by Gasteiger charge is 2.30. The van der Waals surface area contributed by atoms with Gasteiger partial charge in [0.25, 0.3) is 15.0 Å². The molecule has 0 spiro atoms. The van der Waals surface area contributed by atoms with Crippen molar-refractivity contribution < 1.29 is 22.0 Å². The fourth-order valence-corrected chi connectivity index (χ4v) is 3.93. The van der Waals surface area contributed by atoms with Crippen molar-refractivity contribution in [1.82, 2.24) is 4.90 Å². The van der Waals surface area contributed by atoms with Crippen molar-refractivity contribution in [1.29, 1.82) is 0 Å². The smallest absolute Gasteiger partial charge is 0.265 e. The summed E-state index contributed by atoms with van der Waals surface area (Å²) in [6.45, 7) is 0.911. The van der Waals surface area contributed by atoms with Gasteiger partial charge >= 0.3 is 0 Å². The van der Waals surface area contributed by atoms with Crippen molar-refractivity contribution >= 4 is 37.2 Å². The Morgan fingerprint density at radius 2 is 1.76 bits per heavy atom. The molecule has 21 heavy (non-hydrogen) atoms. The van der Waals surface area contributed by atoms with Crippen LogP contribution >= 0.6 is 22.3 Å². The van der Waals surface area contributed by atoms with Gasteiger partial charge in [0.1, 0.15) is 4.90 Å². The van der Waals surface area contributed by atoms with Gasteiger partial charge in [-0.05, 0) is 25.3 Å². The van der Waals surface area contributed by atoms with Gasteiger partial charge in [0.15, 0.2) is 11.6 Å². The van der Waals surface area contributed by atoms with Crippen LogP contribution in [0.5, 0.6) is 0 Å². The topological polar surface area (TPSA) is 54.5 Å². The highest BCUT2D eigenvalue weighted by atomic mass is 35.7. The fraction of sp³-hybridized carbons (Fsp3) is 0.417. The van der Waals surface area contributed by atoms with Gasteiger partial charge in [-0.25, -0.2) is 17.2 Å². The van der Waals surface area contributed by atoms with E-state index >= 15 is 0 Å². The first kappa shape index (κ1) is 16.5. The first-order chi connectivity index (χ1) is 9.73. The van der Waals surface area contributed by atoms with E-state index in [9.17, 15) is 22.0 Å². The Labute approximate surface area is 130 Å². The molecule has 1 aromatic carbocycles. The van der Waals surface area contributed by atoms with E-state index in [4.69, 9.17) is 22.3 Å². The zero-order valence-corrected chi connectivity index (χ0v) is 13.0. The maximum absolute atomic E-state index is 13.6. The van der Waals surface area contributed by atoms with Crippen LogP contribution in [-0.2, 0) is 9.05 Å². The van der Waals surface area contributed by atoms with Gasteiger partial charge in [0.2, 0.25) is 0 Å². The van der Waals surface area contributed by atoms with Crippen molar-refractivity contribution in [2.45, 2.75) is 24.2 Å². The normalized spacial score (nSPS) is 16.1. The van der Waals surface area contributed by atoms with E-state index < -0.39 is 42.1 Å². The quantitative estimate of drug-likeness (QED) is 0.603. The third-order valence-electron chi connectivity index (χ3n) is 3.23. The maximum Gasteiger partial charge on any atom is 0.265 e. The van der Waals surface area contributed by atoms with E-state index in [1.54, 1.807) is 0 Å². The molecular formula is C12H11Cl2F2NO3S. The Morgan fingerprint density at radius 3 is 2.29 bits per heavy atom. The Hall–Kier alpha value is -0.920. The second-order valence-electron chi connectivity index (χ2n) is 4.65. The van der Waals surface area contributed by atoms with Gasteiger partial charge in [-0.2, -0.15) is 0 Å². The van der Waals surface area contributed by atoms with Crippen LogP contribution in [0.3, 0.4) is 0 Å². The lowest BCUT2D eigenvalue weighted by Gasteiger charge is -2.27. The number of nitrogens with zero attached hydrogens (tertiary/aromatic N) is 1. The molecule has 0 aliphatic carbocycles. The van der Waals surface area contributed by atoms with Crippen LogP contribution in [0.25, 0.3) is 0 Å². The minimum atomic E-state index is -4.62. The number of likely N-dealkylation sites (tertiary alicyclic amines) is 1. The van der Waals surface area contributed by atoms with Crippen LogP contribution in [-0.4, -0.2) is 32.3 Å². The number of carbonyl (C=O) groups excluding carboxylic acids is 1. The summed E-state index contributed by atoms with van der Waals surface area (Å²) in [5.41, 5.74) is -0.406. The van der Waals surface area contributed by atoms with Crippen molar-refractivity contribution in [2.24, 2.45) is 0 Å².